The Bertz CT molecular complexity index is 1130. The number of carbonyl (C=O) groups is 1. The number of phenolic OH excluding ortho intramolecular Hbond substituents is 1. The second kappa shape index (κ2) is 5.85. The van der Waals surface area contributed by atoms with Gasteiger partial charge in [-0.1, -0.05) is 23.9 Å². The highest BCUT2D eigenvalue weighted by molar-refractivity contribution is 9.14. The lowest BCUT2D eigenvalue weighted by atomic mass is 10.1. The Morgan fingerprint density at radius 1 is 1.38 bits per heavy atom. The number of anilines is 1. The number of halogens is 1. The first-order chi connectivity index (χ1) is 12.3. The quantitative estimate of drug-likeness (QED) is 0.534. The third-order valence-electron chi connectivity index (χ3n) is 4.77. The maximum atomic E-state index is 12.2. The summed E-state index contributed by atoms with van der Waals surface area (Å²) in [5.74, 6) is -0.163. The van der Waals surface area contributed by atoms with Gasteiger partial charge in [-0.25, -0.2) is 0 Å². The van der Waals surface area contributed by atoms with Crippen LogP contribution in [0.5, 0.6) is 5.75 Å². The number of hydrogen-bond acceptors (Lipinski definition) is 5. The van der Waals surface area contributed by atoms with E-state index in [4.69, 9.17) is 11.5 Å². The molecule has 6 N–H and O–H groups in total. The number of nitrogens with zero attached hydrogens (tertiary/aromatic N) is 1. The van der Waals surface area contributed by atoms with Crippen LogP contribution in [0.25, 0.3) is 15.2 Å². The lowest BCUT2D eigenvalue weighted by Gasteiger charge is -2.20. The van der Waals surface area contributed by atoms with Gasteiger partial charge in [-0.2, -0.15) is 0 Å². The van der Waals surface area contributed by atoms with Crippen LogP contribution in [0.2, 0.25) is 0 Å². The number of phenols is 1. The highest BCUT2D eigenvalue weighted by Crippen LogP contribution is 2.34. The molecule has 0 bridgehead atoms. The second-order valence-electron chi connectivity index (χ2n) is 6.31. The minimum absolute atomic E-state index is 0.00595. The Morgan fingerprint density at radius 3 is 2.81 bits per heavy atom. The first-order valence-corrected chi connectivity index (χ1v) is 9.63. The maximum absolute atomic E-state index is 12.2. The molecule has 0 radical (unpaired) electrons. The summed E-state index contributed by atoms with van der Waals surface area (Å²) in [4.78, 5) is 13.2. The SMILES string of the molecule is Cc1ccc(O)c(C)c1-n1c(N)c(C(N)=O)c2c1=C1SC=CC1NC=2Br. The van der Waals surface area contributed by atoms with Crippen LogP contribution < -0.4 is 27.4 Å². The zero-order chi connectivity index (χ0) is 18.7. The van der Waals surface area contributed by atoms with Crippen LogP contribution in [0.3, 0.4) is 0 Å². The van der Waals surface area contributed by atoms with Gasteiger partial charge in [0.15, 0.2) is 0 Å². The molecule has 3 heterocycles. The molecule has 1 unspecified atom stereocenters. The molecule has 1 aromatic heterocycles. The summed E-state index contributed by atoms with van der Waals surface area (Å²) < 4.78 is 2.51. The van der Waals surface area contributed by atoms with Crippen LogP contribution in [-0.4, -0.2) is 21.6 Å². The Labute approximate surface area is 162 Å². The number of aryl methyl sites for hydroxylation is 1. The zero-order valence-corrected chi connectivity index (χ0v) is 16.5. The van der Waals surface area contributed by atoms with Crippen molar-refractivity contribution in [2.75, 3.05) is 5.73 Å². The van der Waals surface area contributed by atoms with Crippen molar-refractivity contribution in [2.24, 2.45) is 5.73 Å². The number of nitrogens with one attached hydrogen (secondary N) is 1. The van der Waals surface area contributed by atoms with E-state index in [0.717, 1.165) is 21.5 Å². The number of nitrogens with two attached hydrogens (primary N) is 2. The van der Waals surface area contributed by atoms with E-state index in [0.29, 0.717) is 15.4 Å². The van der Waals surface area contributed by atoms with Crippen molar-refractivity contribution in [3.05, 3.63) is 50.9 Å². The number of aromatic nitrogens is 1. The smallest absolute Gasteiger partial charge is 0.253 e. The molecule has 0 saturated carbocycles. The minimum Gasteiger partial charge on any atom is -0.508 e. The first kappa shape index (κ1) is 17.1. The number of benzene rings is 1. The predicted octanol–water partition coefficient (Wildman–Crippen LogP) is 1.28. The third kappa shape index (κ3) is 2.22. The van der Waals surface area contributed by atoms with Crippen LogP contribution in [0.4, 0.5) is 5.82 Å². The van der Waals surface area contributed by atoms with Gasteiger partial charge in [0.1, 0.15) is 11.6 Å². The first-order valence-electron chi connectivity index (χ1n) is 7.96. The van der Waals surface area contributed by atoms with Gasteiger partial charge in [0.2, 0.25) is 0 Å². The molecule has 8 heteroatoms. The van der Waals surface area contributed by atoms with Crippen LogP contribution in [0.15, 0.2) is 23.6 Å². The largest absolute Gasteiger partial charge is 0.508 e. The molecule has 1 atom stereocenters. The molecule has 0 saturated heterocycles. The second-order valence-corrected chi connectivity index (χ2v) is 8.05. The summed E-state index contributed by atoms with van der Waals surface area (Å²) in [7, 11) is 0. The van der Waals surface area contributed by atoms with Gasteiger partial charge in [-0.05, 0) is 46.8 Å². The van der Waals surface area contributed by atoms with Crippen LogP contribution in [-0.2, 0) is 0 Å². The minimum atomic E-state index is -0.596. The number of hydrogen-bond donors (Lipinski definition) is 4. The Balaban J connectivity index is 2.27. The number of amides is 1. The number of rotatable bonds is 2. The molecule has 134 valence electrons. The maximum Gasteiger partial charge on any atom is 0.253 e. The van der Waals surface area contributed by atoms with Gasteiger partial charge in [0.05, 0.1) is 27.2 Å². The summed E-state index contributed by atoms with van der Waals surface area (Å²) in [6, 6.07) is 3.48. The van der Waals surface area contributed by atoms with Gasteiger partial charge >= 0.3 is 0 Å². The zero-order valence-electron chi connectivity index (χ0n) is 14.1. The Hall–Kier alpha value is -2.32. The Kier molecular flexibility index (Phi) is 3.85. The third-order valence-corrected chi connectivity index (χ3v) is 6.39. The molecule has 1 aromatic carbocycles. The van der Waals surface area contributed by atoms with Crippen molar-refractivity contribution < 1.29 is 9.90 Å². The fourth-order valence-electron chi connectivity index (χ4n) is 3.57. The van der Waals surface area contributed by atoms with Crippen molar-refractivity contribution in [1.82, 2.24) is 9.88 Å². The van der Waals surface area contributed by atoms with Crippen molar-refractivity contribution in [1.29, 1.82) is 0 Å². The molecular formula is C18H17BrN4O2S. The highest BCUT2D eigenvalue weighted by atomic mass is 79.9. The fourth-order valence-corrected chi connectivity index (χ4v) is 5.17. The van der Waals surface area contributed by atoms with Gasteiger partial charge in [-0.3, -0.25) is 9.36 Å². The van der Waals surface area contributed by atoms with E-state index < -0.39 is 5.91 Å². The summed E-state index contributed by atoms with van der Waals surface area (Å²) in [5.41, 5.74) is 14.7. The standard InChI is InChI=1S/C18H17BrN4O2S/c1-7-3-4-10(24)8(2)13(7)23-14-11(12(17(23)20)18(21)25)16(19)22-9-5-6-26-15(9)14/h3-6,9,22,24H,20H2,1-2H3,(H2,21,25). The summed E-state index contributed by atoms with van der Waals surface area (Å²) >= 11 is 5.12. The van der Waals surface area contributed by atoms with Crippen LogP contribution in [0, 0.1) is 13.8 Å². The van der Waals surface area contributed by atoms with Gasteiger partial charge < -0.3 is 21.9 Å². The number of aromatic hydroxyl groups is 1. The van der Waals surface area contributed by atoms with E-state index in [9.17, 15) is 9.90 Å². The van der Waals surface area contributed by atoms with E-state index >= 15 is 0 Å². The van der Waals surface area contributed by atoms with Crippen molar-refractivity contribution in [3.8, 4) is 11.4 Å². The molecule has 2 aliphatic rings. The molecule has 4 rings (SSSR count). The summed E-state index contributed by atoms with van der Waals surface area (Å²) in [6.45, 7) is 3.77. The topological polar surface area (TPSA) is 106 Å². The van der Waals surface area contributed by atoms with E-state index in [1.807, 2.05) is 36.0 Å². The van der Waals surface area contributed by atoms with Crippen molar-refractivity contribution in [2.45, 2.75) is 19.9 Å². The normalized spacial score (nSPS) is 17.9. The van der Waals surface area contributed by atoms with E-state index in [2.05, 4.69) is 21.2 Å². The monoisotopic (exact) mass is 432 g/mol. The average Bonchev–Trinajstić information content (AvgIpc) is 3.14. The molecule has 1 amide bonds. The number of fused-ring (bicyclic) bond motifs is 2. The molecule has 2 aliphatic heterocycles. The van der Waals surface area contributed by atoms with Gasteiger partial charge in [0, 0.05) is 15.7 Å². The lowest BCUT2D eigenvalue weighted by Crippen LogP contribution is -2.45. The average molecular weight is 433 g/mol. The number of thioether (sulfide) groups is 1. The molecule has 0 spiro atoms. The summed E-state index contributed by atoms with van der Waals surface area (Å²) in [5, 5.41) is 17.0. The molecule has 0 aliphatic carbocycles. The number of nitrogen functional groups attached to an aromatic ring is 1. The molecule has 0 fully saturated rings. The van der Waals surface area contributed by atoms with Crippen molar-refractivity contribution in [3.63, 3.8) is 0 Å². The molecular weight excluding hydrogens is 416 g/mol. The summed E-state index contributed by atoms with van der Waals surface area (Å²) in [6.07, 6.45) is 2.05. The van der Waals surface area contributed by atoms with Crippen molar-refractivity contribution >= 4 is 48.9 Å². The van der Waals surface area contributed by atoms with E-state index in [-0.39, 0.29) is 23.2 Å². The molecule has 26 heavy (non-hydrogen) atoms. The highest BCUT2D eigenvalue weighted by Gasteiger charge is 2.30. The predicted molar refractivity (Wildman–Crippen MR) is 108 cm³/mol. The van der Waals surface area contributed by atoms with E-state index in [1.54, 1.807) is 17.8 Å². The van der Waals surface area contributed by atoms with Crippen LogP contribution in [0.1, 0.15) is 21.5 Å². The molecule has 2 aromatic rings. The Morgan fingerprint density at radius 2 is 2.12 bits per heavy atom. The van der Waals surface area contributed by atoms with Gasteiger partial charge in [-0.15, -0.1) is 0 Å². The molecule has 6 nitrogen and oxygen atoms in total. The van der Waals surface area contributed by atoms with Gasteiger partial charge in [0.25, 0.3) is 5.91 Å². The van der Waals surface area contributed by atoms with E-state index in [1.165, 1.54) is 0 Å². The number of primary amides is 1. The number of carbonyl (C=O) groups excluding carboxylic acids is 1. The lowest BCUT2D eigenvalue weighted by molar-refractivity contribution is 0.100. The fraction of sp³-hybridized carbons (Fsp3) is 0.167. The van der Waals surface area contributed by atoms with Crippen LogP contribution >= 0.6 is 27.7 Å².